The topological polar surface area (TPSA) is 72.8 Å². The molecule has 1 aromatic heterocycles. The van der Waals surface area contributed by atoms with Crippen LogP contribution in [-0.4, -0.2) is 47.8 Å². The van der Waals surface area contributed by atoms with E-state index >= 15 is 0 Å². The largest absolute Gasteiger partial charge is 0.415 e. The smallest absolute Gasteiger partial charge is 0.408 e. The van der Waals surface area contributed by atoms with Crippen LogP contribution in [0.5, 0.6) is 5.75 Å². The number of amides is 2. The molecule has 1 aliphatic rings. The molecule has 0 aliphatic heterocycles. The number of carbonyl (C=O) groups is 2. The minimum Gasteiger partial charge on any atom is -0.408 e. The van der Waals surface area contributed by atoms with E-state index in [0.29, 0.717) is 44.3 Å². The normalized spacial score (nSPS) is 13.9. The summed E-state index contributed by atoms with van der Waals surface area (Å²) in [6.07, 6.45) is 4.46. The Morgan fingerprint density at radius 3 is 2.55 bits per heavy atom. The summed E-state index contributed by atoms with van der Waals surface area (Å²) in [5.74, 6) is 0.409. The van der Waals surface area contributed by atoms with Crippen LogP contribution < -0.4 is 10.1 Å². The molecule has 158 valence electrons. The summed E-state index contributed by atoms with van der Waals surface area (Å²) in [7, 11) is 0. The van der Waals surface area contributed by atoms with Crippen LogP contribution in [0.15, 0.2) is 24.4 Å². The van der Waals surface area contributed by atoms with E-state index in [2.05, 4.69) is 9.88 Å². The van der Waals surface area contributed by atoms with E-state index in [0.717, 1.165) is 30.2 Å². The number of anilines is 1. The van der Waals surface area contributed by atoms with Crippen LogP contribution in [0.25, 0.3) is 10.9 Å². The molecule has 2 amide bonds. The molecule has 1 fully saturated rings. The number of benzene rings is 1. The van der Waals surface area contributed by atoms with Gasteiger partial charge in [-0.25, -0.2) is 4.79 Å². The van der Waals surface area contributed by atoms with E-state index in [1.807, 2.05) is 39.1 Å². The first-order valence-electron chi connectivity index (χ1n) is 10.6. The molecule has 3 rings (SSSR count). The molecule has 1 aromatic carbocycles. The lowest BCUT2D eigenvalue weighted by Gasteiger charge is -2.25. The predicted octanol–water partition coefficient (Wildman–Crippen LogP) is 4.26. The molecule has 0 spiro atoms. The number of nitrogens with one attached hydrogen (secondary N) is 1. The first-order valence-corrected chi connectivity index (χ1v) is 10.6. The van der Waals surface area contributed by atoms with Gasteiger partial charge in [0.1, 0.15) is 0 Å². The minimum atomic E-state index is -0.413. The Balaban J connectivity index is 1.92. The van der Waals surface area contributed by atoms with Gasteiger partial charge >= 0.3 is 6.09 Å². The molecule has 0 atom stereocenters. The van der Waals surface area contributed by atoms with Crippen molar-refractivity contribution >= 4 is 28.6 Å². The van der Waals surface area contributed by atoms with Crippen LogP contribution in [0.2, 0.25) is 0 Å². The number of hydrogen-bond acceptors (Lipinski definition) is 4. The highest BCUT2D eigenvalue weighted by atomic mass is 16.6. The van der Waals surface area contributed by atoms with Gasteiger partial charge in [-0.2, -0.15) is 0 Å². The second-order valence-electron chi connectivity index (χ2n) is 7.23. The van der Waals surface area contributed by atoms with Crippen molar-refractivity contribution in [3.8, 4) is 5.75 Å². The molecule has 1 heterocycles. The fourth-order valence-corrected chi connectivity index (χ4v) is 3.50. The molecule has 29 heavy (non-hydrogen) atoms. The quantitative estimate of drug-likeness (QED) is 0.637. The van der Waals surface area contributed by atoms with E-state index < -0.39 is 6.09 Å². The van der Waals surface area contributed by atoms with Crippen LogP contribution in [0.1, 0.15) is 40.0 Å². The minimum absolute atomic E-state index is 0.00838. The lowest BCUT2D eigenvalue weighted by molar-refractivity contribution is -0.122. The number of ether oxygens (including phenoxy) is 2. The number of nitrogens with zero attached hydrogens (tertiary/aromatic N) is 2. The summed E-state index contributed by atoms with van der Waals surface area (Å²) in [5, 5.41) is 3.90. The highest BCUT2D eigenvalue weighted by Gasteiger charge is 2.27. The van der Waals surface area contributed by atoms with Gasteiger partial charge in [0.15, 0.2) is 5.75 Å². The van der Waals surface area contributed by atoms with Crippen molar-refractivity contribution in [3.05, 3.63) is 24.4 Å². The maximum atomic E-state index is 12.7. The van der Waals surface area contributed by atoms with Crippen LogP contribution in [0, 0.1) is 5.92 Å². The van der Waals surface area contributed by atoms with E-state index in [9.17, 15) is 9.59 Å². The average Bonchev–Trinajstić information content (AvgIpc) is 3.07. The zero-order chi connectivity index (χ0) is 20.8. The van der Waals surface area contributed by atoms with Crippen LogP contribution in [0.3, 0.4) is 0 Å². The Kier molecular flexibility index (Phi) is 7.14. The second kappa shape index (κ2) is 9.78. The summed E-state index contributed by atoms with van der Waals surface area (Å²) in [4.78, 5) is 26.8. The van der Waals surface area contributed by atoms with Crippen molar-refractivity contribution in [1.29, 1.82) is 0 Å². The van der Waals surface area contributed by atoms with Gasteiger partial charge in [0.05, 0.1) is 17.8 Å². The monoisotopic (exact) mass is 401 g/mol. The third kappa shape index (κ3) is 4.72. The van der Waals surface area contributed by atoms with E-state index in [1.165, 1.54) is 0 Å². The molecular weight excluding hydrogens is 370 g/mol. The van der Waals surface area contributed by atoms with Gasteiger partial charge in [0, 0.05) is 43.7 Å². The fourth-order valence-electron chi connectivity index (χ4n) is 3.50. The van der Waals surface area contributed by atoms with Gasteiger partial charge in [0.2, 0.25) is 5.91 Å². The SMILES string of the molecule is CCOCCn1ccc2c(NC(=O)C3CCC3)c(OC(=O)N(CC)CC)ccc21. The van der Waals surface area contributed by atoms with Crippen molar-refractivity contribution in [3.63, 3.8) is 0 Å². The fraction of sp³-hybridized carbons (Fsp3) is 0.545. The molecule has 1 N–H and O–H groups in total. The molecule has 7 heteroatoms. The molecule has 0 unspecified atom stereocenters. The van der Waals surface area contributed by atoms with Crippen LogP contribution in [0.4, 0.5) is 10.5 Å². The van der Waals surface area contributed by atoms with Gasteiger partial charge in [-0.1, -0.05) is 6.42 Å². The highest BCUT2D eigenvalue weighted by molar-refractivity contribution is 6.05. The van der Waals surface area contributed by atoms with E-state index in [1.54, 1.807) is 11.0 Å². The molecule has 1 saturated carbocycles. The second-order valence-corrected chi connectivity index (χ2v) is 7.23. The van der Waals surface area contributed by atoms with Crippen LogP contribution in [-0.2, 0) is 16.1 Å². The Morgan fingerprint density at radius 1 is 1.17 bits per heavy atom. The average molecular weight is 402 g/mol. The first-order chi connectivity index (χ1) is 14.1. The third-order valence-corrected chi connectivity index (χ3v) is 5.54. The summed E-state index contributed by atoms with van der Waals surface area (Å²) in [5.41, 5.74) is 1.53. The Bertz CT molecular complexity index is 853. The molecule has 0 bridgehead atoms. The standard InChI is InChI=1S/C22H31N3O4/c1-4-24(5-2)22(27)29-19-11-10-18-17(12-13-25(18)14-15-28-6-3)20(19)23-21(26)16-8-7-9-16/h10-13,16H,4-9,14-15H2,1-3H3,(H,23,26). The van der Waals surface area contributed by atoms with E-state index in [-0.39, 0.29) is 11.8 Å². The molecule has 7 nitrogen and oxygen atoms in total. The molecule has 2 aromatic rings. The highest BCUT2D eigenvalue weighted by Crippen LogP contribution is 2.36. The predicted molar refractivity (Wildman–Crippen MR) is 113 cm³/mol. The Hall–Kier alpha value is -2.54. The zero-order valence-corrected chi connectivity index (χ0v) is 17.6. The van der Waals surface area contributed by atoms with Crippen molar-refractivity contribution in [1.82, 2.24) is 9.47 Å². The Morgan fingerprint density at radius 2 is 1.93 bits per heavy atom. The van der Waals surface area contributed by atoms with Crippen molar-refractivity contribution in [2.75, 3.05) is 31.6 Å². The lowest BCUT2D eigenvalue weighted by atomic mass is 9.85. The summed E-state index contributed by atoms with van der Waals surface area (Å²) in [6, 6.07) is 5.63. The van der Waals surface area contributed by atoms with Gasteiger partial charge in [0.25, 0.3) is 0 Å². The van der Waals surface area contributed by atoms with Crippen molar-refractivity contribution < 1.29 is 19.1 Å². The van der Waals surface area contributed by atoms with Crippen LogP contribution >= 0.6 is 0 Å². The van der Waals surface area contributed by atoms with E-state index in [4.69, 9.17) is 9.47 Å². The third-order valence-electron chi connectivity index (χ3n) is 5.54. The number of aromatic nitrogens is 1. The number of rotatable bonds is 9. The molecular formula is C22H31N3O4. The number of hydrogen-bond donors (Lipinski definition) is 1. The zero-order valence-electron chi connectivity index (χ0n) is 17.6. The molecule has 0 radical (unpaired) electrons. The Labute approximate surface area is 171 Å². The van der Waals surface area contributed by atoms with Gasteiger partial charge in [-0.15, -0.1) is 0 Å². The van der Waals surface area contributed by atoms with Gasteiger partial charge in [-0.3, -0.25) is 4.79 Å². The van der Waals surface area contributed by atoms with Gasteiger partial charge < -0.3 is 24.3 Å². The van der Waals surface area contributed by atoms with Crippen molar-refractivity contribution in [2.45, 2.75) is 46.6 Å². The van der Waals surface area contributed by atoms with Gasteiger partial charge in [-0.05, 0) is 51.8 Å². The maximum Gasteiger partial charge on any atom is 0.415 e. The summed E-state index contributed by atoms with van der Waals surface area (Å²) < 4.78 is 13.2. The summed E-state index contributed by atoms with van der Waals surface area (Å²) >= 11 is 0. The summed E-state index contributed by atoms with van der Waals surface area (Å²) in [6.45, 7) is 8.92. The number of carbonyl (C=O) groups excluding carboxylic acids is 2. The first kappa shape index (κ1) is 21.2. The number of fused-ring (bicyclic) bond motifs is 1. The lowest BCUT2D eigenvalue weighted by Crippen LogP contribution is -2.33. The molecule has 1 aliphatic carbocycles. The van der Waals surface area contributed by atoms with Crippen molar-refractivity contribution in [2.24, 2.45) is 5.92 Å². The molecule has 0 saturated heterocycles. The maximum absolute atomic E-state index is 12.7.